The summed E-state index contributed by atoms with van der Waals surface area (Å²) in [5.74, 6) is -2.42. The minimum absolute atomic E-state index is 0.0521. The largest absolute Gasteiger partial charge is 0.463 e. The van der Waals surface area contributed by atoms with Crippen molar-refractivity contribution in [2.75, 3.05) is 13.2 Å². The van der Waals surface area contributed by atoms with Crippen LogP contribution in [0, 0.1) is 17.6 Å². The molecular formula is C29H28ClF2N5O4S. The van der Waals surface area contributed by atoms with Gasteiger partial charge < -0.3 is 14.8 Å². The van der Waals surface area contributed by atoms with Gasteiger partial charge in [-0.05, 0) is 51.5 Å². The molecule has 2 aromatic heterocycles. The number of carbonyl (C=O) groups is 2. The van der Waals surface area contributed by atoms with Crippen molar-refractivity contribution >= 4 is 40.7 Å². The van der Waals surface area contributed by atoms with Gasteiger partial charge in [-0.15, -0.1) is 11.3 Å². The van der Waals surface area contributed by atoms with Crippen LogP contribution in [0.25, 0.3) is 0 Å². The Morgan fingerprint density at radius 1 is 1.00 bits per heavy atom. The molecule has 3 heterocycles. The van der Waals surface area contributed by atoms with Gasteiger partial charge in [-0.3, -0.25) is 4.99 Å². The summed E-state index contributed by atoms with van der Waals surface area (Å²) in [4.78, 5) is 43.3. The molecule has 0 amide bonds. The second-order valence-corrected chi connectivity index (χ2v) is 11.0. The number of aromatic nitrogens is 3. The molecule has 5 rings (SSSR count). The van der Waals surface area contributed by atoms with Crippen molar-refractivity contribution in [1.29, 1.82) is 0 Å². The van der Waals surface area contributed by atoms with E-state index in [9.17, 15) is 18.4 Å². The summed E-state index contributed by atoms with van der Waals surface area (Å²) >= 11 is 7.63. The van der Waals surface area contributed by atoms with E-state index >= 15 is 0 Å². The molecule has 1 unspecified atom stereocenters. The number of halogens is 3. The van der Waals surface area contributed by atoms with E-state index in [0.29, 0.717) is 53.6 Å². The fourth-order valence-electron chi connectivity index (χ4n) is 5.26. The van der Waals surface area contributed by atoms with Crippen molar-refractivity contribution in [3.05, 3.63) is 86.0 Å². The standard InChI is InChI=1S/C29H28ClF2N5O4S/c1-3-40-28(38)17-13-34-25(35-14-17)16-7-5-15(6-8-16)23-20(29(39)41-4-2)24(18-9-10-19(31)22(32)21(18)30)37-26(36-23)27-33-11-12-42-27/h9-16,24H,3-8H2,1-2H3,(H,36,37)/t15-,16-,24?. The molecule has 220 valence electrons. The Bertz CT molecular complexity index is 1520. The van der Waals surface area contributed by atoms with E-state index in [1.165, 1.54) is 29.8 Å². The number of allylic oxidation sites excluding steroid dienone is 1. The Hall–Kier alpha value is -3.77. The van der Waals surface area contributed by atoms with Crippen LogP contribution in [0.15, 0.2) is 52.4 Å². The maximum atomic E-state index is 14.6. The Balaban J connectivity index is 1.48. The molecule has 1 N–H and O–H groups in total. The highest BCUT2D eigenvalue weighted by molar-refractivity contribution is 7.11. The number of amidine groups is 1. The highest BCUT2D eigenvalue weighted by Gasteiger charge is 2.39. The van der Waals surface area contributed by atoms with Crippen LogP contribution in [0.3, 0.4) is 0 Å². The van der Waals surface area contributed by atoms with Crippen molar-refractivity contribution < 1.29 is 27.8 Å². The summed E-state index contributed by atoms with van der Waals surface area (Å²) in [5, 5.41) is 5.25. The molecule has 13 heteroatoms. The topological polar surface area (TPSA) is 116 Å². The molecule has 0 bridgehead atoms. The second kappa shape index (κ2) is 13.0. The summed E-state index contributed by atoms with van der Waals surface area (Å²) in [6.07, 6.45) is 7.35. The van der Waals surface area contributed by atoms with Gasteiger partial charge in [0.05, 0.1) is 29.4 Å². The third-order valence-corrected chi connectivity index (χ3v) is 8.41. The summed E-state index contributed by atoms with van der Waals surface area (Å²) in [6.45, 7) is 3.80. The Morgan fingerprint density at radius 2 is 1.67 bits per heavy atom. The number of benzene rings is 1. The van der Waals surface area contributed by atoms with E-state index in [4.69, 9.17) is 26.1 Å². The molecule has 1 saturated carbocycles. The van der Waals surface area contributed by atoms with E-state index in [2.05, 4.69) is 20.3 Å². The lowest BCUT2D eigenvalue weighted by Gasteiger charge is -2.35. The van der Waals surface area contributed by atoms with Gasteiger partial charge in [-0.1, -0.05) is 17.7 Å². The Kier molecular flexibility index (Phi) is 9.22. The molecule has 1 aromatic carbocycles. The van der Waals surface area contributed by atoms with E-state index in [1.54, 1.807) is 25.4 Å². The highest BCUT2D eigenvalue weighted by atomic mass is 35.5. The average Bonchev–Trinajstić information content (AvgIpc) is 3.55. The molecule has 2 aliphatic rings. The van der Waals surface area contributed by atoms with Crippen LogP contribution in [0.4, 0.5) is 8.78 Å². The minimum Gasteiger partial charge on any atom is -0.463 e. The fraction of sp³-hybridized carbons (Fsp3) is 0.379. The van der Waals surface area contributed by atoms with Crippen LogP contribution in [0.2, 0.25) is 5.02 Å². The SMILES string of the molecule is CCOC(=O)C1=C([C@H]2CC[C@H](c3ncc(C(=O)OCC)cn3)CC2)NC(c2nccs2)=NC1c1ccc(F)c(F)c1Cl. The van der Waals surface area contributed by atoms with Crippen molar-refractivity contribution in [3.8, 4) is 0 Å². The molecule has 1 atom stereocenters. The van der Waals surface area contributed by atoms with Gasteiger partial charge in [0.1, 0.15) is 11.9 Å². The summed E-state index contributed by atoms with van der Waals surface area (Å²) < 4.78 is 39.0. The summed E-state index contributed by atoms with van der Waals surface area (Å²) in [7, 11) is 0. The zero-order chi connectivity index (χ0) is 29.8. The maximum Gasteiger partial charge on any atom is 0.341 e. The maximum absolute atomic E-state index is 14.6. The van der Waals surface area contributed by atoms with Crippen LogP contribution in [-0.4, -0.2) is 45.9 Å². The molecule has 1 aliphatic heterocycles. The predicted octanol–water partition coefficient (Wildman–Crippen LogP) is 5.92. The quantitative estimate of drug-likeness (QED) is 0.245. The number of nitrogens with zero attached hydrogens (tertiary/aromatic N) is 4. The minimum atomic E-state index is -1.21. The van der Waals surface area contributed by atoms with Crippen molar-refractivity contribution in [2.24, 2.45) is 10.9 Å². The van der Waals surface area contributed by atoms with Gasteiger partial charge in [0.2, 0.25) is 0 Å². The molecule has 1 aliphatic carbocycles. The molecule has 0 saturated heterocycles. The van der Waals surface area contributed by atoms with E-state index < -0.39 is 34.6 Å². The zero-order valence-corrected chi connectivity index (χ0v) is 24.5. The van der Waals surface area contributed by atoms with Gasteiger partial charge in [0, 0.05) is 41.1 Å². The molecule has 1 fully saturated rings. The van der Waals surface area contributed by atoms with Crippen LogP contribution in [-0.2, 0) is 14.3 Å². The van der Waals surface area contributed by atoms with Crippen LogP contribution in [0.5, 0.6) is 0 Å². The molecular weight excluding hydrogens is 588 g/mol. The van der Waals surface area contributed by atoms with E-state index in [-0.39, 0.29) is 36.2 Å². The number of ether oxygens (including phenoxy) is 2. The first-order valence-electron chi connectivity index (χ1n) is 13.6. The molecule has 0 spiro atoms. The van der Waals surface area contributed by atoms with Crippen molar-refractivity contribution in [1.82, 2.24) is 20.3 Å². The normalized spacial score (nSPS) is 20.5. The van der Waals surface area contributed by atoms with Crippen LogP contribution >= 0.6 is 22.9 Å². The van der Waals surface area contributed by atoms with Gasteiger partial charge in [-0.25, -0.2) is 33.3 Å². The summed E-state index contributed by atoms with van der Waals surface area (Å²) in [6, 6.07) is 1.27. The fourth-order valence-corrected chi connectivity index (χ4v) is 6.10. The lowest BCUT2D eigenvalue weighted by Crippen LogP contribution is -2.38. The first-order valence-corrected chi connectivity index (χ1v) is 14.9. The van der Waals surface area contributed by atoms with Gasteiger partial charge >= 0.3 is 11.9 Å². The van der Waals surface area contributed by atoms with Gasteiger partial charge in [0.25, 0.3) is 0 Å². The molecule has 42 heavy (non-hydrogen) atoms. The predicted molar refractivity (Wildman–Crippen MR) is 152 cm³/mol. The number of aliphatic imine (C=N–C) groups is 1. The number of thiazole rings is 1. The Morgan fingerprint density at radius 3 is 2.31 bits per heavy atom. The number of rotatable bonds is 8. The van der Waals surface area contributed by atoms with Gasteiger partial charge in [0.15, 0.2) is 22.5 Å². The van der Waals surface area contributed by atoms with Crippen LogP contribution < -0.4 is 5.32 Å². The Labute approximate surface area is 250 Å². The smallest absolute Gasteiger partial charge is 0.341 e. The van der Waals surface area contributed by atoms with E-state index in [0.717, 1.165) is 6.07 Å². The third kappa shape index (κ3) is 6.05. The number of esters is 2. The second-order valence-electron chi connectivity index (χ2n) is 9.75. The lowest BCUT2D eigenvalue weighted by atomic mass is 9.77. The molecule has 3 aromatic rings. The zero-order valence-electron chi connectivity index (χ0n) is 22.9. The average molecular weight is 616 g/mol. The van der Waals surface area contributed by atoms with Gasteiger partial charge in [-0.2, -0.15) is 0 Å². The first kappa shape index (κ1) is 29.7. The summed E-state index contributed by atoms with van der Waals surface area (Å²) in [5.41, 5.74) is 1.23. The highest BCUT2D eigenvalue weighted by Crippen LogP contribution is 2.43. The first-order chi connectivity index (χ1) is 20.3. The van der Waals surface area contributed by atoms with Crippen molar-refractivity contribution in [3.63, 3.8) is 0 Å². The number of nitrogens with one attached hydrogen (secondary N) is 1. The molecule has 9 nitrogen and oxygen atoms in total. The monoisotopic (exact) mass is 615 g/mol. The number of hydrogen-bond acceptors (Lipinski definition) is 10. The third-order valence-electron chi connectivity index (χ3n) is 7.25. The number of carbonyl (C=O) groups excluding carboxylic acids is 2. The van der Waals surface area contributed by atoms with E-state index in [1.807, 2.05) is 0 Å². The van der Waals surface area contributed by atoms with Crippen LogP contribution in [0.1, 0.15) is 78.2 Å². The van der Waals surface area contributed by atoms with Crippen molar-refractivity contribution in [2.45, 2.75) is 51.5 Å². The lowest BCUT2D eigenvalue weighted by molar-refractivity contribution is -0.139. The number of hydrogen-bond donors (Lipinski definition) is 1. The molecule has 0 radical (unpaired) electrons.